The fourth-order valence-electron chi connectivity index (χ4n) is 4.22. The Morgan fingerprint density at radius 2 is 1.67 bits per heavy atom. The Bertz CT molecular complexity index is 762. The Morgan fingerprint density at radius 3 is 2.30 bits per heavy atom. The van der Waals surface area contributed by atoms with E-state index >= 15 is 0 Å². The van der Waals surface area contributed by atoms with Gasteiger partial charge in [0.2, 0.25) is 5.43 Å². The van der Waals surface area contributed by atoms with Gasteiger partial charge >= 0.3 is 0 Å². The molecule has 1 aliphatic carbocycles. The predicted molar refractivity (Wildman–Crippen MR) is 105 cm³/mol. The van der Waals surface area contributed by atoms with Gasteiger partial charge < -0.3 is 14.8 Å². The molecule has 3 rings (SSSR count). The topological polar surface area (TPSA) is 71.4 Å². The van der Waals surface area contributed by atoms with E-state index in [9.17, 15) is 14.4 Å². The van der Waals surface area contributed by atoms with Crippen molar-refractivity contribution in [2.24, 2.45) is 0 Å². The summed E-state index contributed by atoms with van der Waals surface area (Å²) < 4.78 is 1.94. The van der Waals surface area contributed by atoms with Crippen LogP contribution in [0.5, 0.6) is 0 Å². The SMILES string of the molecule is CC(C)NC(=O)c1cn(C2CCCC2)cc(C(=O)N2CCCCC2C)c1=O. The van der Waals surface area contributed by atoms with Crippen molar-refractivity contribution in [3.63, 3.8) is 0 Å². The van der Waals surface area contributed by atoms with Gasteiger partial charge in [-0.1, -0.05) is 12.8 Å². The van der Waals surface area contributed by atoms with Crippen molar-refractivity contribution in [2.75, 3.05) is 6.54 Å². The molecule has 0 spiro atoms. The molecule has 0 bridgehead atoms. The summed E-state index contributed by atoms with van der Waals surface area (Å²) in [5.41, 5.74) is -0.247. The number of nitrogens with one attached hydrogen (secondary N) is 1. The standard InChI is InChI=1S/C21H31N3O3/c1-14(2)22-20(26)17-12-23(16-9-4-5-10-16)13-18(19(17)25)21(27)24-11-7-6-8-15(24)3/h12-16H,4-11H2,1-3H3,(H,22,26). The number of piperidine rings is 1. The van der Waals surface area contributed by atoms with E-state index in [1.165, 1.54) is 0 Å². The normalized spacial score (nSPS) is 20.9. The third-order valence-electron chi connectivity index (χ3n) is 5.75. The molecular formula is C21H31N3O3. The lowest BCUT2D eigenvalue weighted by atomic mass is 10.0. The average molecular weight is 373 g/mol. The van der Waals surface area contributed by atoms with Crippen LogP contribution >= 0.6 is 0 Å². The molecular weight excluding hydrogens is 342 g/mol. The minimum absolute atomic E-state index is 0.0710. The third kappa shape index (κ3) is 4.25. The first-order chi connectivity index (χ1) is 12.9. The number of rotatable bonds is 4. The molecule has 2 heterocycles. The summed E-state index contributed by atoms with van der Waals surface area (Å²) in [4.78, 5) is 40.6. The highest BCUT2D eigenvalue weighted by Crippen LogP contribution is 2.29. The summed E-state index contributed by atoms with van der Waals surface area (Å²) >= 11 is 0. The lowest BCUT2D eigenvalue weighted by molar-refractivity contribution is 0.0633. The van der Waals surface area contributed by atoms with Gasteiger partial charge in [-0.05, 0) is 52.9 Å². The number of hydrogen-bond donors (Lipinski definition) is 1. The van der Waals surface area contributed by atoms with E-state index < -0.39 is 11.3 Å². The fraction of sp³-hybridized carbons (Fsp3) is 0.667. The Hall–Kier alpha value is -2.11. The first-order valence-corrected chi connectivity index (χ1v) is 10.3. The molecule has 0 radical (unpaired) electrons. The maximum Gasteiger partial charge on any atom is 0.259 e. The van der Waals surface area contributed by atoms with Gasteiger partial charge in [0.25, 0.3) is 11.8 Å². The molecule has 2 fully saturated rings. The lowest BCUT2D eigenvalue weighted by Gasteiger charge is -2.33. The average Bonchev–Trinajstić information content (AvgIpc) is 3.16. The van der Waals surface area contributed by atoms with E-state index in [4.69, 9.17) is 0 Å². The van der Waals surface area contributed by atoms with Crippen molar-refractivity contribution in [1.82, 2.24) is 14.8 Å². The molecule has 2 aliphatic rings. The van der Waals surface area contributed by atoms with Crippen LogP contribution in [-0.2, 0) is 0 Å². The highest BCUT2D eigenvalue weighted by Gasteiger charge is 2.29. The molecule has 1 aliphatic heterocycles. The molecule has 148 valence electrons. The molecule has 2 amide bonds. The van der Waals surface area contributed by atoms with Gasteiger partial charge in [-0.3, -0.25) is 14.4 Å². The van der Waals surface area contributed by atoms with Gasteiger partial charge in [0, 0.05) is 37.1 Å². The molecule has 1 unspecified atom stereocenters. The Kier molecular flexibility index (Phi) is 6.02. The Morgan fingerprint density at radius 1 is 1.04 bits per heavy atom. The maximum absolute atomic E-state index is 13.2. The largest absolute Gasteiger partial charge is 0.350 e. The zero-order valence-corrected chi connectivity index (χ0v) is 16.7. The van der Waals surface area contributed by atoms with Crippen molar-refractivity contribution in [3.8, 4) is 0 Å². The summed E-state index contributed by atoms with van der Waals surface area (Å²) in [6.45, 7) is 6.42. The molecule has 0 aromatic carbocycles. The molecule has 6 nitrogen and oxygen atoms in total. The van der Waals surface area contributed by atoms with Crippen LogP contribution in [0.1, 0.15) is 92.5 Å². The summed E-state index contributed by atoms with van der Waals surface area (Å²) in [7, 11) is 0. The van der Waals surface area contributed by atoms with Crippen molar-refractivity contribution in [3.05, 3.63) is 33.7 Å². The highest BCUT2D eigenvalue weighted by molar-refractivity contribution is 5.99. The molecule has 6 heteroatoms. The predicted octanol–water partition coefficient (Wildman–Crippen LogP) is 3.12. The van der Waals surface area contributed by atoms with E-state index in [2.05, 4.69) is 5.32 Å². The molecule has 1 saturated heterocycles. The number of aromatic nitrogens is 1. The number of hydrogen-bond acceptors (Lipinski definition) is 3. The van der Waals surface area contributed by atoms with E-state index in [0.29, 0.717) is 6.54 Å². The number of amides is 2. The Balaban J connectivity index is 2.02. The molecule has 1 N–H and O–H groups in total. The summed E-state index contributed by atoms with van der Waals surface area (Å²) in [5, 5.41) is 2.79. The first-order valence-electron chi connectivity index (χ1n) is 10.3. The smallest absolute Gasteiger partial charge is 0.259 e. The van der Waals surface area contributed by atoms with Crippen LogP contribution in [0.4, 0.5) is 0 Å². The molecule has 27 heavy (non-hydrogen) atoms. The van der Waals surface area contributed by atoms with Crippen LogP contribution in [0.15, 0.2) is 17.2 Å². The molecule has 1 saturated carbocycles. The summed E-state index contributed by atoms with van der Waals surface area (Å²) in [5.74, 6) is -0.638. The van der Waals surface area contributed by atoms with Crippen molar-refractivity contribution in [1.29, 1.82) is 0 Å². The molecule has 1 aromatic rings. The molecule has 1 aromatic heterocycles. The summed E-state index contributed by atoms with van der Waals surface area (Å²) in [6, 6.07) is 0.304. The number of pyridine rings is 1. The van der Waals surface area contributed by atoms with Gasteiger partial charge in [0.1, 0.15) is 11.1 Å². The van der Waals surface area contributed by atoms with E-state index in [1.807, 2.05) is 25.3 Å². The van der Waals surface area contributed by atoms with E-state index in [1.54, 1.807) is 17.3 Å². The zero-order chi connectivity index (χ0) is 19.6. The Labute approximate surface area is 160 Å². The van der Waals surface area contributed by atoms with Gasteiger partial charge in [0.15, 0.2) is 0 Å². The number of nitrogens with zero attached hydrogens (tertiary/aromatic N) is 2. The van der Waals surface area contributed by atoms with Gasteiger partial charge in [-0.15, -0.1) is 0 Å². The second kappa shape index (κ2) is 8.28. The quantitative estimate of drug-likeness (QED) is 0.881. The van der Waals surface area contributed by atoms with Crippen molar-refractivity contribution < 1.29 is 9.59 Å². The van der Waals surface area contributed by atoms with Crippen LogP contribution < -0.4 is 10.7 Å². The van der Waals surface area contributed by atoms with Gasteiger partial charge in [-0.2, -0.15) is 0 Å². The van der Waals surface area contributed by atoms with Crippen LogP contribution in [0.3, 0.4) is 0 Å². The first kappa shape index (κ1) is 19.6. The lowest BCUT2D eigenvalue weighted by Crippen LogP contribution is -2.45. The monoisotopic (exact) mass is 373 g/mol. The zero-order valence-electron chi connectivity index (χ0n) is 16.7. The van der Waals surface area contributed by atoms with Gasteiger partial charge in [-0.25, -0.2) is 0 Å². The number of carbonyl (C=O) groups excluding carboxylic acids is 2. The fourth-order valence-corrected chi connectivity index (χ4v) is 4.22. The minimum Gasteiger partial charge on any atom is -0.350 e. The number of carbonyl (C=O) groups is 2. The summed E-state index contributed by atoms with van der Waals surface area (Å²) in [6.07, 6.45) is 10.7. The van der Waals surface area contributed by atoms with Crippen LogP contribution in [0, 0.1) is 0 Å². The van der Waals surface area contributed by atoms with Crippen LogP contribution in [-0.4, -0.2) is 39.9 Å². The highest BCUT2D eigenvalue weighted by atomic mass is 16.2. The van der Waals surface area contributed by atoms with Crippen molar-refractivity contribution >= 4 is 11.8 Å². The van der Waals surface area contributed by atoms with E-state index in [0.717, 1.165) is 44.9 Å². The van der Waals surface area contributed by atoms with Crippen LogP contribution in [0.25, 0.3) is 0 Å². The number of likely N-dealkylation sites (tertiary alicyclic amines) is 1. The second-order valence-corrected chi connectivity index (χ2v) is 8.27. The van der Waals surface area contributed by atoms with Gasteiger partial charge in [0.05, 0.1) is 0 Å². The van der Waals surface area contributed by atoms with Crippen molar-refractivity contribution in [2.45, 2.75) is 83.8 Å². The maximum atomic E-state index is 13.2. The molecule has 1 atom stereocenters. The van der Waals surface area contributed by atoms with E-state index in [-0.39, 0.29) is 35.2 Å². The third-order valence-corrected chi connectivity index (χ3v) is 5.75. The minimum atomic E-state index is -0.454. The second-order valence-electron chi connectivity index (χ2n) is 8.27. The van der Waals surface area contributed by atoms with Crippen LogP contribution in [0.2, 0.25) is 0 Å².